The summed E-state index contributed by atoms with van der Waals surface area (Å²) in [4.78, 5) is 18.7. The molecule has 0 spiro atoms. The van der Waals surface area contributed by atoms with Gasteiger partial charge in [0, 0.05) is 66.8 Å². The number of amides is 1. The molecule has 6 heteroatoms. The second-order valence-electron chi connectivity index (χ2n) is 9.34. The maximum Gasteiger partial charge on any atom is 0.253 e. The van der Waals surface area contributed by atoms with Crippen molar-refractivity contribution in [2.45, 2.75) is 39.0 Å². The SMILES string of the molecule is CC=CCc1cc2cc(-c3ccc(C(=O)N4CCC(F)(F)CC4)cc3)cc(-c3cnccc3C)c2o1. The number of nitrogens with zero attached hydrogens (tertiary/aromatic N) is 2. The molecule has 3 heterocycles. The maximum absolute atomic E-state index is 13.5. The molecule has 1 saturated heterocycles. The van der Waals surface area contributed by atoms with Crippen molar-refractivity contribution in [2.24, 2.45) is 0 Å². The van der Waals surface area contributed by atoms with Crippen LogP contribution in [0.2, 0.25) is 0 Å². The molecule has 0 atom stereocenters. The highest BCUT2D eigenvalue weighted by atomic mass is 19.3. The highest BCUT2D eigenvalue weighted by Crippen LogP contribution is 2.37. The van der Waals surface area contributed by atoms with Gasteiger partial charge >= 0.3 is 0 Å². The number of halogens is 2. The first kappa shape index (κ1) is 23.9. The number of fused-ring (bicyclic) bond motifs is 1. The van der Waals surface area contributed by atoms with E-state index in [4.69, 9.17) is 4.42 Å². The maximum atomic E-state index is 13.5. The number of benzene rings is 2. The molecule has 0 aliphatic carbocycles. The number of carbonyl (C=O) groups excluding carboxylic acids is 1. The highest BCUT2D eigenvalue weighted by molar-refractivity contribution is 5.98. The number of alkyl halides is 2. The fourth-order valence-electron chi connectivity index (χ4n) is 4.68. The van der Waals surface area contributed by atoms with Gasteiger partial charge in [0.1, 0.15) is 11.3 Å². The Hall–Kier alpha value is -3.80. The lowest BCUT2D eigenvalue weighted by atomic mass is 9.95. The Bertz CT molecular complexity index is 1430. The molecule has 5 rings (SSSR count). The van der Waals surface area contributed by atoms with E-state index in [2.05, 4.69) is 36.2 Å². The third-order valence-electron chi connectivity index (χ3n) is 6.80. The predicted octanol–water partition coefficient (Wildman–Crippen LogP) is 7.46. The first-order valence-electron chi connectivity index (χ1n) is 12.2. The fourth-order valence-corrected chi connectivity index (χ4v) is 4.68. The molecule has 1 fully saturated rings. The van der Waals surface area contributed by atoms with Crippen molar-refractivity contribution in [3.05, 3.63) is 90.0 Å². The van der Waals surface area contributed by atoms with E-state index in [1.54, 1.807) is 18.3 Å². The summed E-state index contributed by atoms with van der Waals surface area (Å²) < 4.78 is 33.2. The molecule has 2 aromatic heterocycles. The molecule has 4 aromatic rings. The van der Waals surface area contributed by atoms with Crippen LogP contribution in [0.5, 0.6) is 0 Å². The van der Waals surface area contributed by atoms with Gasteiger partial charge in [-0.3, -0.25) is 9.78 Å². The Kier molecular flexibility index (Phi) is 6.44. The molecular weight excluding hydrogens is 458 g/mol. The number of furan rings is 1. The lowest BCUT2D eigenvalue weighted by molar-refractivity contribution is -0.0494. The van der Waals surface area contributed by atoms with Crippen LogP contribution in [0.1, 0.15) is 41.4 Å². The van der Waals surface area contributed by atoms with E-state index in [0.717, 1.165) is 44.5 Å². The van der Waals surface area contributed by atoms with Gasteiger partial charge in [-0.25, -0.2) is 8.78 Å². The van der Waals surface area contributed by atoms with E-state index in [-0.39, 0.29) is 31.8 Å². The van der Waals surface area contributed by atoms with E-state index in [9.17, 15) is 13.6 Å². The minimum atomic E-state index is -2.68. The van der Waals surface area contributed by atoms with Crippen molar-refractivity contribution in [1.82, 2.24) is 9.88 Å². The van der Waals surface area contributed by atoms with Crippen LogP contribution in [0.3, 0.4) is 0 Å². The molecule has 0 radical (unpaired) electrons. The van der Waals surface area contributed by atoms with Gasteiger partial charge in [0.05, 0.1) is 0 Å². The lowest BCUT2D eigenvalue weighted by Crippen LogP contribution is -2.42. The molecular formula is C30H28F2N2O2. The van der Waals surface area contributed by atoms with Gasteiger partial charge in [-0.05, 0) is 66.9 Å². The molecule has 1 amide bonds. The number of piperidine rings is 1. The summed E-state index contributed by atoms with van der Waals surface area (Å²) in [5.41, 5.74) is 6.35. The molecule has 0 saturated carbocycles. The number of likely N-dealkylation sites (tertiary alicyclic amines) is 1. The van der Waals surface area contributed by atoms with Crippen LogP contribution in [0.25, 0.3) is 33.2 Å². The van der Waals surface area contributed by atoms with Crippen LogP contribution in [-0.2, 0) is 6.42 Å². The van der Waals surface area contributed by atoms with Crippen LogP contribution in [0, 0.1) is 6.92 Å². The van der Waals surface area contributed by atoms with Crippen molar-refractivity contribution in [3.63, 3.8) is 0 Å². The summed E-state index contributed by atoms with van der Waals surface area (Å²) in [6, 6.07) is 15.6. The molecule has 1 aliphatic rings. The Morgan fingerprint density at radius 1 is 1.06 bits per heavy atom. The van der Waals surface area contributed by atoms with Crippen molar-refractivity contribution >= 4 is 16.9 Å². The number of rotatable bonds is 5. The topological polar surface area (TPSA) is 46.3 Å². The minimum Gasteiger partial charge on any atom is -0.460 e. The van der Waals surface area contributed by atoms with E-state index in [0.29, 0.717) is 12.0 Å². The molecule has 2 aromatic carbocycles. The molecule has 1 aliphatic heterocycles. The standard InChI is InChI=1S/C30H28F2N2O2/c1-3-4-5-25-17-24-16-23(18-26(28(24)36-25)27-19-33-13-10-20(27)2)21-6-8-22(9-7-21)29(35)34-14-11-30(31,32)12-15-34/h3-4,6-10,13,16-19H,5,11-12,14-15H2,1-2H3. The second kappa shape index (κ2) is 9.69. The lowest BCUT2D eigenvalue weighted by Gasteiger charge is -2.31. The monoisotopic (exact) mass is 486 g/mol. The van der Waals surface area contributed by atoms with Gasteiger partial charge in [0.15, 0.2) is 0 Å². The Morgan fingerprint density at radius 2 is 1.81 bits per heavy atom. The van der Waals surface area contributed by atoms with Gasteiger partial charge in [-0.1, -0.05) is 24.3 Å². The van der Waals surface area contributed by atoms with Gasteiger partial charge in [0.2, 0.25) is 0 Å². The molecule has 36 heavy (non-hydrogen) atoms. The number of hydrogen-bond acceptors (Lipinski definition) is 3. The minimum absolute atomic E-state index is 0.0775. The zero-order valence-corrected chi connectivity index (χ0v) is 20.4. The van der Waals surface area contributed by atoms with E-state index in [1.165, 1.54) is 4.90 Å². The number of hydrogen-bond donors (Lipinski definition) is 0. The summed E-state index contributed by atoms with van der Waals surface area (Å²) in [7, 11) is 0. The van der Waals surface area contributed by atoms with E-state index < -0.39 is 5.92 Å². The highest BCUT2D eigenvalue weighted by Gasteiger charge is 2.35. The van der Waals surface area contributed by atoms with Crippen LogP contribution in [-0.4, -0.2) is 34.8 Å². The van der Waals surface area contributed by atoms with Crippen LogP contribution >= 0.6 is 0 Å². The van der Waals surface area contributed by atoms with Crippen molar-refractivity contribution in [1.29, 1.82) is 0 Å². The quantitative estimate of drug-likeness (QED) is 0.275. The Morgan fingerprint density at radius 3 is 2.50 bits per heavy atom. The van der Waals surface area contributed by atoms with Gasteiger partial charge < -0.3 is 9.32 Å². The fraction of sp³-hybridized carbons (Fsp3) is 0.267. The number of allylic oxidation sites excluding steroid dienone is 2. The Labute approximate surface area is 209 Å². The second-order valence-corrected chi connectivity index (χ2v) is 9.34. The number of aryl methyl sites for hydroxylation is 1. The molecule has 0 unspecified atom stereocenters. The molecule has 0 bridgehead atoms. The average Bonchev–Trinajstić information content (AvgIpc) is 3.30. The number of carbonyl (C=O) groups is 1. The summed E-state index contributed by atoms with van der Waals surface area (Å²) in [5, 5.41) is 1.000. The smallest absolute Gasteiger partial charge is 0.253 e. The van der Waals surface area contributed by atoms with Crippen molar-refractivity contribution in [3.8, 4) is 22.3 Å². The summed E-state index contributed by atoms with van der Waals surface area (Å²) in [6.07, 6.45) is 7.84. The van der Waals surface area contributed by atoms with Crippen LogP contribution in [0.15, 0.2) is 77.5 Å². The van der Waals surface area contributed by atoms with Gasteiger partial charge in [-0.15, -0.1) is 0 Å². The molecule has 184 valence electrons. The van der Waals surface area contributed by atoms with Crippen LogP contribution in [0.4, 0.5) is 8.78 Å². The summed E-state index contributed by atoms with van der Waals surface area (Å²) in [5.74, 6) is -2.00. The first-order chi connectivity index (χ1) is 17.3. The number of pyridine rings is 1. The summed E-state index contributed by atoms with van der Waals surface area (Å²) >= 11 is 0. The largest absolute Gasteiger partial charge is 0.460 e. The first-order valence-corrected chi connectivity index (χ1v) is 12.2. The number of aromatic nitrogens is 1. The molecule has 0 N–H and O–H groups in total. The van der Waals surface area contributed by atoms with Crippen LogP contribution < -0.4 is 0 Å². The van der Waals surface area contributed by atoms with Crippen molar-refractivity contribution < 1.29 is 18.0 Å². The molecule has 4 nitrogen and oxygen atoms in total. The zero-order valence-electron chi connectivity index (χ0n) is 20.4. The van der Waals surface area contributed by atoms with E-state index in [1.807, 2.05) is 37.4 Å². The van der Waals surface area contributed by atoms with Gasteiger partial charge in [0.25, 0.3) is 11.8 Å². The zero-order chi connectivity index (χ0) is 25.3. The normalized spacial score (nSPS) is 15.6. The van der Waals surface area contributed by atoms with Gasteiger partial charge in [-0.2, -0.15) is 0 Å². The Balaban J connectivity index is 1.50. The van der Waals surface area contributed by atoms with E-state index >= 15 is 0 Å². The summed E-state index contributed by atoms with van der Waals surface area (Å²) in [6.45, 7) is 4.19. The average molecular weight is 487 g/mol. The predicted molar refractivity (Wildman–Crippen MR) is 138 cm³/mol. The third kappa shape index (κ3) is 4.81. The van der Waals surface area contributed by atoms with Crippen molar-refractivity contribution in [2.75, 3.05) is 13.1 Å². The third-order valence-corrected chi connectivity index (χ3v) is 6.80.